The van der Waals surface area contributed by atoms with Crippen LogP contribution in [0.5, 0.6) is 17.2 Å². The molecule has 1 aromatic heterocycles. The van der Waals surface area contributed by atoms with Crippen molar-refractivity contribution >= 4 is 16.9 Å². The zero-order valence-corrected chi connectivity index (χ0v) is 18.1. The zero-order chi connectivity index (χ0) is 22.4. The molecule has 0 aliphatic rings. The number of carbonyl (C=O) groups is 1. The summed E-state index contributed by atoms with van der Waals surface area (Å²) in [5, 5.41) is 0.349. The summed E-state index contributed by atoms with van der Waals surface area (Å²) < 4.78 is 27.3. The van der Waals surface area contributed by atoms with Gasteiger partial charge in [-0.2, -0.15) is 0 Å². The summed E-state index contributed by atoms with van der Waals surface area (Å²) in [5.41, 5.74) is 1.97. The van der Waals surface area contributed by atoms with Gasteiger partial charge in [-0.1, -0.05) is 12.1 Å². The first-order valence-electron chi connectivity index (χ1n) is 10.1. The number of hydrogen-bond donors (Lipinski definition) is 0. The molecule has 0 saturated carbocycles. The van der Waals surface area contributed by atoms with Crippen LogP contribution in [0.4, 0.5) is 0 Å². The van der Waals surface area contributed by atoms with Crippen molar-refractivity contribution in [3.63, 3.8) is 0 Å². The fourth-order valence-electron chi connectivity index (χ4n) is 2.89. The molecule has 0 amide bonds. The summed E-state index contributed by atoms with van der Waals surface area (Å²) in [6, 6.07) is 10.5. The van der Waals surface area contributed by atoms with Crippen molar-refractivity contribution in [2.75, 3.05) is 19.8 Å². The second-order valence-electron chi connectivity index (χ2n) is 7.08. The molecule has 7 heteroatoms. The fourth-order valence-corrected chi connectivity index (χ4v) is 2.89. The van der Waals surface area contributed by atoms with Gasteiger partial charge in [0, 0.05) is 12.7 Å². The molecule has 0 radical (unpaired) electrons. The Bertz CT molecular complexity index is 1120. The maximum absolute atomic E-state index is 12.8. The van der Waals surface area contributed by atoms with E-state index in [9.17, 15) is 9.59 Å². The first-order chi connectivity index (χ1) is 14.9. The van der Waals surface area contributed by atoms with E-state index in [1.165, 1.54) is 6.26 Å². The quantitative estimate of drug-likeness (QED) is 0.367. The lowest BCUT2D eigenvalue weighted by Gasteiger charge is -2.14. The first-order valence-corrected chi connectivity index (χ1v) is 10.1. The Hall–Kier alpha value is -3.32. The summed E-state index contributed by atoms with van der Waals surface area (Å²) in [6.45, 7) is 8.37. The van der Waals surface area contributed by atoms with Crippen LogP contribution in [0.3, 0.4) is 0 Å². The molecule has 7 nitrogen and oxygen atoms in total. The molecular weight excluding hydrogens is 400 g/mol. The van der Waals surface area contributed by atoms with E-state index in [1.54, 1.807) is 25.1 Å². The molecule has 0 saturated heterocycles. The van der Waals surface area contributed by atoms with Gasteiger partial charge < -0.3 is 23.4 Å². The maximum atomic E-state index is 12.8. The van der Waals surface area contributed by atoms with E-state index in [2.05, 4.69) is 0 Å². The number of ether oxygens (including phenoxy) is 4. The van der Waals surface area contributed by atoms with E-state index in [-0.39, 0.29) is 17.8 Å². The van der Waals surface area contributed by atoms with E-state index < -0.39 is 12.1 Å². The van der Waals surface area contributed by atoms with Crippen molar-refractivity contribution in [2.45, 2.75) is 33.8 Å². The predicted octanol–water partition coefficient (Wildman–Crippen LogP) is 4.55. The van der Waals surface area contributed by atoms with Gasteiger partial charge in [-0.25, -0.2) is 4.79 Å². The SMILES string of the molecule is CCOCCOC(=O)[C@H](C)Oc1ccc2c(=O)c(Oc3cc(C)ccc3C)coc2c1. The van der Waals surface area contributed by atoms with Crippen molar-refractivity contribution in [3.05, 3.63) is 64.0 Å². The lowest BCUT2D eigenvalue weighted by atomic mass is 10.1. The minimum absolute atomic E-state index is 0.0983. The van der Waals surface area contributed by atoms with Crippen LogP contribution >= 0.6 is 0 Å². The molecule has 3 aromatic rings. The van der Waals surface area contributed by atoms with Crippen molar-refractivity contribution < 1.29 is 28.2 Å². The normalized spacial score (nSPS) is 11.9. The Morgan fingerprint density at radius 1 is 1.06 bits per heavy atom. The van der Waals surface area contributed by atoms with Crippen LogP contribution in [0.1, 0.15) is 25.0 Å². The molecule has 0 N–H and O–H groups in total. The average molecular weight is 426 g/mol. The molecule has 0 aliphatic carbocycles. The van der Waals surface area contributed by atoms with Crippen LogP contribution < -0.4 is 14.9 Å². The van der Waals surface area contributed by atoms with Crippen LogP contribution in [-0.2, 0) is 14.3 Å². The molecule has 0 spiro atoms. The number of aryl methyl sites for hydroxylation is 2. The highest BCUT2D eigenvalue weighted by molar-refractivity contribution is 5.79. The van der Waals surface area contributed by atoms with E-state index in [1.807, 2.05) is 39.0 Å². The Kier molecular flexibility index (Phi) is 7.31. The van der Waals surface area contributed by atoms with Crippen LogP contribution in [0.15, 0.2) is 51.9 Å². The summed E-state index contributed by atoms with van der Waals surface area (Å²) >= 11 is 0. The maximum Gasteiger partial charge on any atom is 0.347 e. The highest BCUT2D eigenvalue weighted by Crippen LogP contribution is 2.27. The predicted molar refractivity (Wildman–Crippen MR) is 116 cm³/mol. The summed E-state index contributed by atoms with van der Waals surface area (Å²) in [5.74, 6) is 0.580. The molecule has 164 valence electrons. The van der Waals surface area contributed by atoms with Crippen LogP contribution in [0, 0.1) is 13.8 Å². The van der Waals surface area contributed by atoms with Gasteiger partial charge in [0.05, 0.1) is 12.0 Å². The van der Waals surface area contributed by atoms with Gasteiger partial charge in [0.15, 0.2) is 6.10 Å². The van der Waals surface area contributed by atoms with E-state index >= 15 is 0 Å². The van der Waals surface area contributed by atoms with E-state index in [0.29, 0.717) is 35.7 Å². The topological polar surface area (TPSA) is 84.2 Å². The summed E-state index contributed by atoms with van der Waals surface area (Å²) in [4.78, 5) is 24.8. The first kappa shape index (κ1) is 22.4. The van der Waals surface area contributed by atoms with Gasteiger partial charge in [0.1, 0.15) is 30.0 Å². The largest absolute Gasteiger partial charge is 0.479 e. The number of benzene rings is 2. The molecular formula is C24H26O7. The lowest BCUT2D eigenvalue weighted by Crippen LogP contribution is -2.27. The van der Waals surface area contributed by atoms with Gasteiger partial charge >= 0.3 is 5.97 Å². The van der Waals surface area contributed by atoms with Crippen LogP contribution in [0.25, 0.3) is 11.0 Å². The Morgan fingerprint density at radius 2 is 1.87 bits per heavy atom. The third-order valence-electron chi connectivity index (χ3n) is 4.60. The van der Waals surface area contributed by atoms with Crippen molar-refractivity contribution in [1.82, 2.24) is 0 Å². The second-order valence-corrected chi connectivity index (χ2v) is 7.08. The third-order valence-corrected chi connectivity index (χ3v) is 4.60. The highest BCUT2D eigenvalue weighted by Gasteiger charge is 2.17. The Balaban J connectivity index is 1.73. The summed E-state index contributed by atoms with van der Waals surface area (Å²) in [6.07, 6.45) is 0.458. The minimum atomic E-state index is -0.822. The van der Waals surface area contributed by atoms with Gasteiger partial charge in [0.2, 0.25) is 11.2 Å². The third kappa shape index (κ3) is 5.64. The minimum Gasteiger partial charge on any atom is -0.479 e. The van der Waals surface area contributed by atoms with E-state index in [4.69, 9.17) is 23.4 Å². The van der Waals surface area contributed by atoms with Crippen molar-refractivity contribution in [1.29, 1.82) is 0 Å². The monoisotopic (exact) mass is 426 g/mol. The fraction of sp³-hybridized carbons (Fsp3) is 0.333. The summed E-state index contributed by atoms with van der Waals surface area (Å²) in [7, 11) is 0. The molecule has 0 bridgehead atoms. The Morgan fingerprint density at radius 3 is 2.65 bits per heavy atom. The standard InChI is InChI=1S/C24H26O7/c1-5-27-10-11-28-24(26)17(4)30-18-8-9-19-21(13-18)29-14-22(23(19)25)31-20-12-15(2)6-7-16(20)3/h6-9,12-14,17H,5,10-11H2,1-4H3/t17-/m0/s1. The number of esters is 1. The number of carbonyl (C=O) groups excluding carboxylic acids is 1. The number of fused-ring (bicyclic) bond motifs is 1. The number of rotatable bonds is 9. The lowest BCUT2D eigenvalue weighted by molar-refractivity contribution is -0.152. The van der Waals surface area contributed by atoms with Crippen LogP contribution in [0.2, 0.25) is 0 Å². The molecule has 0 fully saturated rings. The highest BCUT2D eigenvalue weighted by atomic mass is 16.6. The van der Waals surface area contributed by atoms with E-state index in [0.717, 1.165) is 11.1 Å². The van der Waals surface area contributed by atoms with Gasteiger partial charge in [-0.3, -0.25) is 4.79 Å². The second kappa shape index (κ2) is 10.1. The Labute approximate surface area is 180 Å². The molecule has 1 heterocycles. The van der Waals surface area contributed by atoms with Crippen molar-refractivity contribution in [3.8, 4) is 17.2 Å². The molecule has 0 unspecified atom stereocenters. The smallest absolute Gasteiger partial charge is 0.347 e. The van der Waals surface area contributed by atoms with Crippen molar-refractivity contribution in [2.24, 2.45) is 0 Å². The van der Waals surface area contributed by atoms with Gasteiger partial charge in [-0.15, -0.1) is 0 Å². The molecule has 31 heavy (non-hydrogen) atoms. The van der Waals surface area contributed by atoms with Gasteiger partial charge in [-0.05, 0) is 57.0 Å². The molecule has 3 rings (SSSR count). The number of hydrogen-bond acceptors (Lipinski definition) is 7. The zero-order valence-electron chi connectivity index (χ0n) is 18.1. The average Bonchev–Trinajstić information content (AvgIpc) is 2.75. The molecule has 2 aromatic carbocycles. The van der Waals surface area contributed by atoms with Gasteiger partial charge in [0.25, 0.3) is 0 Å². The molecule has 1 atom stereocenters. The van der Waals surface area contributed by atoms with Crippen LogP contribution in [-0.4, -0.2) is 31.9 Å². The molecule has 0 aliphatic heterocycles.